The second-order valence-electron chi connectivity index (χ2n) is 4.03. The Balaban J connectivity index is 2.18. The summed E-state index contributed by atoms with van der Waals surface area (Å²) in [4.78, 5) is 20.9. The molecular formula is C11H15ClN4O. The molecule has 92 valence electrons. The molecule has 1 aromatic rings. The highest BCUT2D eigenvalue weighted by Gasteiger charge is 2.21. The normalized spacial score (nSPS) is 20.4. The van der Waals surface area contributed by atoms with Crippen LogP contribution in [0.4, 0.5) is 5.82 Å². The Morgan fingerprint density at radius 1 is 1.71 bits per heavy atom. The number of carbonyl (C=O) groups excluding carboxylic acids is 1. The fourth-order valence-electron chi connectivity index (χ4n) is 1.93. The van der Waals surface area contributed by atoms with Gasteiger partial charge >= 0.3 is 0 Å². The molecule has 0 unspecified atom stereocenters. The van der Waals surface area contributed by atoms with Crippen molar-refractivity contribution in [3.05, 3.63) is 17.0 Å². The molecule has 6 heteroatoms. The molecule has 1 saturated heterocycles. The van der Waals surface area contributed by atoms with E-state index in [1.54, 1.807) is 0 Å². The van der Waals surface area contributed by atoms with Crippen LogP contribution in [-0.4, -0.2) is 41.9 Å². The maximum atomic E-state index is 10.6. The summed E-state index contributed by atoms with van der Waals surface area (Å²) < 4.78 is 0. The van der Waals surface area contributed by atoms with Crippen LogP contribution in [0.15, 0.2) is 6.20 Å². The second-order valence-corrected chi connectivity index (χ2v) is 4.39. The van der Waals surface area contributed by atoms with Gasteiger partial charge in [0, 0.05) is 25.7 Å². The first-order chi connectivity index (χ1) is 8.24. The first-order valence-electron chi connectivity index (χ1n) is 5.70. The van der Waals surface area contributed by atoms with Crippen LogP contribution in [0.5, 0.6) is 0 Å². The quantitative estimate of drug-likeness (QED) is 0.820. The number of hydrogen-bond acceptors (Lipinski definition) is 5. The number of carbonyl (C=O) groups is 1. The zero-order valence-electron chi connectivity index (χ0n) is 9.69. The monoisotopic (exact) mass is 254 g/mol. The number of piperazine rings is 1. The van der Waals surface area contributed by atoms with Gasteiger partial charge in [-0.1, -0.05) is 18.5 Å². The van der Waals surface area contributed by atoms with Crippen LogP contribution in [-0.2, 0) is 0 Å². The van der Waals surface area contributed by atoms with Crippen molar-refractivity contribution >= 4 is 23.7 Å². The zero-order valence-corrected chi connectivity index (χ0v) is 10.4. The van der Waals surface area contributed by atoms with Crippen molar-refractivity contribution in [2.24, 2.45) is 0 Å². The van der Waals surface area contributed by atoms with Crippen LogP contribution in [0.1, 0.15) is 23.8 Å². The van der Waals surface area contributed by atoms with Crippen LogP contribution >= 0.6 is 11.6 Å². The Morgan fingerprint density at radius 3 is 3.18 bits per heavy atom. The Bertz CT molecular complexity index is 412. The molecule has 0 aromatic carbocycles. The minimum atomic E-state index is 0.265. The first-order valence-corrected chi connectivity index (χ1v) is 6.08. The lowest BCUT2D eigenvalue weighted by molar-refractivity contribution is 0.111. The molecule has 1 fully saturated rings. The predicted molar refractivity (Wildman–Crippen MR) is 66.7 cm³/mol. The average molecular weight is 255 g/mol. The molecule has 0 bridgehead atoms. The number of hydrogen-bond donors (Lipinski definition) is 1. The molecule has 0 spiro atoms. The lowest BCUT2D eigenvalue weighted by atomic mass is 10.1. The molecule has 1 atom stereocenters. The van der Waals surface area contributed by atoms with E-state index in [1.165, 1.54) is 6.20 Å². The summed E-state index contributed by atoms with van der Waals surface area (Å²) in [6.45, 7) is 4.77. The van der Waals surface area contributed by atoms with Gasteiger partial charge in [0.05, 0.1) is 6.20 Å². The van der Waals surface area contributed by atoms with Crippen LogP contribution in [0, 0.1) is 0 Å². The van der Waals surface area contributed by atoms with E-state index < -0.39 is 0 Å². The molecule has 2 heterocycles. The van der Waals surface area contributed by atoms with Gasteiger partial charge in [-0.2, -0.15) is 0 Å². The summed E-state index contributed by atoms with van der Waals surface area (Å²) in [7, 11) is 0. The number of nitrogens with one attached hydrogen (secondary N) is 1. The third-order valence-electron chi connectivity index (χ3n) is 2.90. The molecule has 0 aliphatic carbocycles. The second kappa shape index (κ2) is 5.42. The number of rotatable bonds is 3. The number of nitrogens with zero attached hydrogens (tertiary/aromatic N) is 3. The standard InChI is InChI=1S/C11H15ClN4O/c1-2-8-6-16(4-3-13-8)11-10(12)15-9(7-17)5-14-11/h5,7-8,13H,2-4,6H2,1H3/t8-/m0/s1. The maximum absolute atomic E-state index is 10.6. The highest BCUT2D eigenvalue weighted by molar-refractivity contribution is 6.31. The van der Waals surface area contributed by atoms with Gasteiger partial charge in [0.2, 0.25) is 0 Å². The van der Waals surface area contributed by atoms with Crippen molar-refractivity contribution in [2.75, 3.05) is 24.5 Å². The van der Waals surface area contributed by atoms with Crippen LogP contribution < -0.4 is 10.2 Å². The molecule has 1 aliphatic heterocycles. The third-order valence-corrected chi connectivity index (χ3v) is 3.15. The maximum Gasteiger partial charge on any atom is 0.172 e. The Kier molecular flexibility index (Phi) is 3.91. The highest BCUT2D eigenvalue weighted by Crippen LogP contribution is 2.22. The van der Waals surface area contributed by atoms with E-state index in [4.69, 9.17) is 11.6 Å². The van der Waals surface area contributed by atoms with Crippen LogP contribution in [0.3, 0.4) is 0 Å². The van der Waals surface area contributed by atoms with Crippen molar-refractivity contribution in [3.63, 3.8) is 0 Å². The van der Waals surface area contributed by atoms with Gasteiger partial charge in [-0.25, -0.2) is 9.97 Å². The van der Waals surface area contributed by atoms with Crippen molar-refractivity contribution in [1.82, 2.24) is 15.3 Å². The van der Waals surface area contributed by atoms with Gasteiger partial charge < -0.3 is 10.2 Å². The van der Waals surface area contributed by atoms with Crippen molar-refractivity contribution in [3.8, 4) is 0 Å². The van der Waals surface area contributed by atoms with E-state index in [0.29, 0.717) is 23.3 Å². The van der Waals surface area contributed by atoms with Gasteiger partial charge in [0.25, 0.3) is 0 Å². The number of aromatic nitrogens is 2. The molecule has 0 amide bonds. The Morgan fingerprint density at radius 2 is 2.53 bits per heavy atom. The SMILES string of the molecule is CC[C@H]1CN(c2ncc(C=O)nc2Cl)CCN1. The minimum Gasteiger partial charge on any atom is -0.351 e. The van der Waals surface area contributed by atoms with E-state index in [2.05, 4.69) is 27.1 Å². The molecule has 1 aliphatic rings. The van der Waals surface area contributed by atoms with Gasteiger partial charge in [-0.3, -0.25) is 4.79 Å². The average Bonchev–Trinajstić information content (AvgIpc) is 2.38. The van der Waals surface area contributed by atoms with E-state index >= 15 is 0 Å². The molecule has 0 radical (unpaired) electrons. The number of halogens is 1. The van der Waals surface area contributed by atoms with Gasteiger partial charge in [-0.15, -0.1) is 0 Å². The molecule has 5 nitrogen and oxygen atoms in total. The molecule has 0 saturated carbocycles. The molecular weight excluding hydrogens is 240 g/mol. The minimum absolute atomic E-state index is 0.265. The first kappa shape index (κ1) is 12.3. The smallest absolute Gasteiger partial charge is 0.172 e. The Hall–Kier alpha value is -1.20. The third kappa shape index (κ3) is 2.73. The summed E-state index contributed by atoms with van der Waals surface area (Å²) >= 11 is 6.04. The lowest BCUT2D eigenvalue weighted by Gasteiger charge is -2.34. The van der Waals surface area contributed by atoms with Gasteiger partial charge in [0.1, 0.15) is 5.69 Å². The molecule has 17 heavy (non-hydrogen) atoms. The fourth-order valence-corrected chi connectivity index (χ4v) is 2.20. The van der Waals surface area contributed by atoms with E-state index in [9.17, 15) is 4.79 Å². The largest absolute Gasteiger partial charge is 0.351 e. The summed E-state index contributed by atoms with van der Waals surface area (Å²) in [6, 6.07) is 0.451. The highest BCUT2D eigenvalue weighted by atomic mass is 35.5. The van der Waals surface area contributed by atoms with Crippen molar-refractivity contribution in [1.29, 1.82) is 0 Å². The van der Waals surface area contributed by atoms with Crippen LogP contribution in [0.25, 0.3) is 0 Å². The van der Waals surface area contributed by atoms with E-state index in [1.807, 2.05) is 0 Å². The van der Waals surface area contributed by atoms with Crippen molar-refractivity contribution in [2.45, 2.75) is 19.4 Å². The summed E-state index contributed by atoms with van der Waals surface area (Å²) in [6.07, 6.45) is 3.17. The molecule has 1 aromatic heterocycles. The summed E-state index contributed by atoms with van der Waals surface area (Å²) in [5, 5.41) is 3.72. The van der Waals surface area contributed by atoms with Crippen LogP contribution in [0.2, 0.25) is 5.15 Å². The Labute approximate surface area is 105 Å². The molecule has 2 rings (SSSR count). The number of aldehydes is 1. The van der Waals surface area contributed by atoms with E-state index in [0.717, 1.165) is 26.1 Å². The van der Waals surface area contributed by atoms with Gasteiger partial charge in [0.15, 0.2) is 17.3 Å². The number of anilines is 1. The summed E-state index contributed by atoms with van der Waals surface area (Å²) in [5.74, 6) is 0.664. The predicted octanol–water partition coefficient (Wildman–Crippen LogP) is 1.13. The zero-order chi connectivity index (χ0) is 12.3. The van der Waals surface area contributed by atoms with Gasteiger partial charge in [-0.05, 0) is 6.42 Å². The van der Waals surface area contributed by atoms with Crippen molar-refractivity contribution < 1.29 is 4.79 Å². The molecule has 1 N–H and O–H groups in total. The van der Waals surface area contributed by atoms with E-state index in [-0.39, 0.29) is 5.69 Å². The fraction of sp³-hybridized carbons (Fsp3) is 0.545. The summed E-state index contributed by atoms with van der Waals surface area (Å²) in [5.41, 5.74) is 0.265. The topological polar surface area (TPSA) is 58.1 Å². The lowest BCUT2D eigenvalue weighted by Crippen LogP contribution is -2.50.